The number of carbonyl (C=O) groups excluding carboxylic acids is 2. The summed E-state index contributed by atoms with van der Waals surface area (Å²) in [4.78, 5) is 24.4. The molecule has 0 saturated carbocycles. The Morgan fingerprint density at radius 1 is 1.31 bits per heavy atom. The van der Waals surface area contributed by atoms with Gasteiger partial charge in [0.2, 0.25) is 15.9 Å². The molecule has 2 aromatic rings. The molecule has 1 heterocycles. The first kappa shape index (κ1) is 23.8. The molecule has 1 atom stereocenters. The predicted octanol–water partition coefficient (Wildman–Crippen LogP) is 3.03. The van der Waals surface area contributed by atoms with Crippen LogP contribution in [0.15, 0.2) is 35.2 Å². The number of amides is 2. The van der Waals surface area contributed by atoms with Gasteiger partial charge in [0, 0.05) is 18.8 Å². The fourth-order valence-electron chi connectivity index (χ4n) is 3.23. The predicted molar refractivity (Wildman–Crippen MR) is 121 cm³/mol. The minimum Gasteiger partial charge on any atom is -0.495 e. The van der Waals surface area contributed by atoms with E-state index >= 15 is 0 Å². The van der Waals surface area contributed by atoms with E-state index in [0.717, 1.165) is 4.31 Å². The molecular weight excluding hydrogens is 458 g/mol. The van der Waals surface area contributed by atoms with E-state index in [1.54, 1.807) is 32.0 Å². The normalized spacial score (nSPS) is 15.6. The molecule has 0 radical (unpaired) electrons. The van der Waals surface area contributed by atoms with Crippen LogP contribution < -0.4 is 20.1 Å². The van der Waals surface area contributed by atoms with Crippen molar-refractivity contribution in [2.24, 2.45) is 0 Å². The molecule has 2 N–H and O–H groups in total. The number of aryl methyl sites for hydroxylation is 1. The summed E-state index contributed by atoms with van der Waals surface area (Å²) >= 11 is 6.06. The summed E-state index contributed by atoms with van der Waals surface area (Å²) in [5.41, 5.74) is 1.23. The third-order valence-corrected chi connectivity index (χ3v) is 7.20. The van der Waals surface area contributed by atoms with E-state index in [0.29, 0.717) is 34.1 Å². The molecule has 9 nitrogen and oxygen atoms in total. The number of halogens is 1. The summed E-state index contributed by atoms with van der Waals surface area (Å²) in [6.45, 7) is 2.99. The average Bonchev–Trinajstić information content (AvgIpc) is 2.72. The molecule has 0 bridgehead atoms. The second-order valence-corrected chi connectivity index (χ2v) is 9.70. The third kappa shape index (κ3) is 4.82. The van der Waals surface area contributed by atoms with Gasteiger partial charge in [-0.2, -0.15) is 4.31 Å². The largest absolute Gasteiger partial charge is 0.495 e. The summed E-state index contributed by atoms with van der Waals surface area (Å²) in [7, 11) is -1.23. The van der Waals surface area contributed by atoms with Crippen LogP contribution in [0, 0.1) is 6.92 Å². The van der Waals surface area contributed by atoms with E-state index in [1.807, 2.05) is 0 Å². The Kier molecular flexibility index (Phi) is 6.97. The SMILES string of the molecule is CCC1Oc2cc(S(=O)(=O)N(C)CC(=O)Nc3ccc(OC)c(Cl)c3)c(C)cc2NC1=O. The number of methoxy groups -OCH3 is 1. The number of sulfonamides is 1. The van der Waals surface area contributed by atoms with E-state index in [9.17, 15) is 18.0 Å². The lowest BCUT2D eigenvalue weighted by molar-refractivity contribution is -0.123. The highest BCUT2D eigenvalue weighted by Crippen LogP contribution is 2.35. The topological polar surface area (TPSA) is 114 Å². The monoisotopic (exact) mass is 481 g/mol. The molecule has 2 aromatic carbocycles. The van der Waals surface area contributed by atoms with Gasteiger partial charge < -0.3 is 20.1 Å². The number of ether oxygens (including phenoxy) is 2. The number of nitrogens with one attached hydrogen (secondary N) is 2. The van der Waals surface area contributed by atoms with Crippen LogP contribution >= 0.6 is 11.6 Å². The van der Waals surface area contributed by atoms with E-state index in [2.05, 4.69) is 10.6 Å². The van der Waals surface area contributed by atoms with Crippen LogP contribution in [0.3, 0.4) is 0 Å². The first-order valence-corrected chi connectivity index (χ1v) is 11.6. The van der Waals surface area contributed by atoms with E-state index in [-0.39, 0.29) is 16.6 Å². The smallest absolute Gasteiger partial charge is 0.265 e. The van der Waals surface area contributed by atoms with Gasteiger partial charge in [-0.1, -0.05) is 18.5 Å². The summed E-state index contributed by atoms with van der Waals surface area (Å²) < 4.78 is 38.0. The van der Waals surface area contributed by atoms with Crippen molar-refractivity contribution in [1.29, 1.82) is 0 Å². The minimum absolute atomic E-state index is 0.00922. The second-order valence-electron chi connectivity index (χ2n) is 7.28. The molecule has 172 valence electrons. The molecular formula is C21H24ClN3O6S. The summed E-state index contributed by atoms with van der Waals surface area (Å²) in [5, 5.41) is 5.65. The van der Waals surface area contributed by atoms with E-state index < -0.39 is 28.6 Å². The van der Waals surface area contributed by atoms with Crippen LogP contribution in [-0.4, -0.2) is 51.3 Å². The Hall–Kier alpha value is -2.82. The Balaban J connectivity index is 1.78. The summed E-state index contributed by atoms with van der Waals surface area (Å²) in [6.07, 6.45) is -0.253. The maximum absolute atomic E-state index is 13.1. The fraction of sp³-hybridized carbons (Fsp3) is 0.333. The van der Waals surface area contributed by atoms with Crippen LogP contribution in [0.5, 0.6) is 11.5 Å². The van der Waals surface area contributed by atoms with Crippen molar-refractivity contribution in [2.45, 2.75) is 31.3 Å². The van der Waals surface area contributed by atoms with Crippen molar-refractivity contribution < 1.29 is 27.5 Å². The van der Waals surface area contributed by atoms with E-state index in [1.165, 1.54) is 26.3 Å². The van der Waals surface area contributed by atoms with Crippen molar-refractivity contribution in [3.63, 3.8) is 0 Å². The van der Waals surface area contributed by atoms with Crippen LogP contribution in [0.1, 0.15) is 18.9 Å². The van der Waals surface area contributed by atoms with Crippen molar-refractivity contribution >= 4 is 44.8 Å². The molecule has 2 amide bonds. The molecule has 1 unspecified atom stereocenters. The van der Waals surface area contributed by atoms with Gasteiger partial charge >= 0.3 is 0 Å². The fourth-order valence-corrected chi connectivity index (χ4v) is 4.83. The van der Waals surface area contributed by atoms with Gasteiger partial charge in [0.25, 0.3) is 5.91 Å². The highest BCUT2D eigenvalue weighted by atomic mass is 35.5. The zero-order valence-electron chi connectivity index (χ0n) is 18.1. The van der Waals surface area contributed by atoms with Crippen molar-refractivity contribution in [1.82, 2.24) is 4.31 Å². The number of hydrogen-bond acceptors (Lipinski definition) is 6. The van der Waals surface area contributed by atoms with Gasteiger partial charge in [-0.05, 0) is 43.2 Å². The molecule has 0 fully saturated rings. The Labute approximate surface area is 191 Å². The quantitative estimate of drug-likeness (QED) is 0.628. The number of fused-ring (bicyclic) bond motifs is 1. The number of rotatable bonds is 7. The van der Waals surface area contributed by atoms with Gasteiger partial charge in [0.05, 0.1) is 29.3 Å². The van der Waals surface area contributed by atoms with Crippen LogP contribution in [0.25, 0.3) is 0 Å². The lowest BCUT2D eigenvalue weighted by atomic mass is 10.1. The first-order chi connectivity index (χ1) is 15.1. The van der Waals surface area contributed by atoms with Gasteiger partial charge in [-0.15, -0.1) is 0 Å². The van der Waals surface area contributed by atoms with Gasteiger partial charge in [0.1, 0.15) is 11.5 Å². The lowest BCUT2D eigenvalue weighted by Crippen LogP contribution is -2.37. The highest BCUT2D eigenvalue weighted by Gasteiger charge is 2.31. The standard InChI is InChI=1S/C21H24ClN3O6S/c1-5-16-21(27)24-15-8-12(2)19(10-18(15)31-16)32(28,29)25(3)11-20(26)23-13-6-7-17(30-4)14(22)9-13/h6-10,16H,5,11H2,1-4H3,(H,23,26)(H,24,27). The first-order valence-electron chi connectivity index (χ1n) is 9.78. The molecule has 11 heteroatoms. The average molecular weight is 482 g/mol. The number of likely N-dealkylation sites (N-methyl/N-ethyl adjacent to an activating group) is 1. The van der Waals surface area contributed by atoms with Crippen LogP contribution in [0.2, 0.25) is 5.02 Å². The van der Waals surface area contributed by atoms with Crippen molar-refractivity contribution in [3.05, 3.63) is 40.9 Å². The molecule has 1 aliphatic rings. The van der Waals surface area contributed by atoms with Gasteiger partial charge in [-0.25, -0.2) is 8.42 Å². The van der Waals surface area contributed by atoms with Gasteiger partial charge in [0.15, 0.2) is 6.10 Å². The Morgan fingerprint density at radius 3 is 2.66 bits per heavy atom. The van der Waals surface area contributed by atoms with Crippen molar-refractivity contribution in [3.8, 4) is 11.5 Å². The van der Waals surface area contributed by atoms with Crippen LogP contribution in [-0.2, 0) is 19.6 Å². The van der Waals surface area contributed by atoms with Crippen LogP contribution in [0.4, 0.5) is 11.4 Å². The summed E-state index contributed by atoms with van der Waals surface area (Å²) in [6, 6.07) is 7.62. The second kappa shape index (κ2) is 9.35. The third-order valence-electron chi connectivity index (χ3n) is 4.96. The number of benzene rings is 2. The maximum Gasteiger partial charge on any atom is 0.265 e. The number of carbonyl (C=O) groups is 2. The molecule has 0 aliphatic carbocycles. The minimum atomic E-state index is -4.01. The number of anilines is 2. The Morgan fingerprint density at radius 2 is 2.03 bits per heavy atom. The lowest BCUT2D eigenvalue weighted by Gasteiger charge is -2.27. The number of hydrogen-bond donors (Lipinski definition) is 2. The van der Waals surface area contributed by atoms with Gasteiger partial charge in [-0.3, -0.25) is 9.59 Å². The molecule has 0 saturated heterocycles. The summed E-state index contributed by atoms with van der Waals surface area (Å²) in [5.74, 6) is -0.0905. The van der Waals surface area contributed by atoms with Crippen molar-refractivity contribution in [2.75, 3.05) is 31.3 Å². The molecule has 3 rings (SSSR count). The zero-order chi connectivity index (χ0) is 23.6. The van der Waals surface area contributed by atoms with E-state index in [4.69, 9.17) is 21.1 Å². The Bertz CT molecular complexity index is 1170. The highest BCUT2D eigenvalue weighted by molar-refractivity contribution is 7.89. The zero-order valence-corrected chi connectivity index (χ0v) is 19.6. The molecule has 32 heavy (non-hydrogen) atoms. The molecule has 0 aromatic heterocycles. The molecule has 0 spiro atoms. The number of nitrogens with zero attached hydrogens (tertiary/aromatic N) is 1. The maximum atomic E-state index is 13.1. The molecule has 1 aliphatic heterocycles.